The predicted octanol–water partition coefficient (Wildman–Crippen LogP) is -0.945. The molecule has 0 amide bonds. The molecule has 1 N–H and O–H groups in total. The fourth-order valence-corrected chi connectivity index (χ4v) is 4.30. The van der Waals surface area contributed by atoms with Gasteiger partial charge in [-0.1, -0.05) is 0 Å². The summed E-state index contributed by atoms with van der Waals surface area (Å²) in [6.07, 6.45) is -14.0. The Morgan fingerprint density at radius 3 is 1.40 bits per heavy atom. The molecule has 2 aliphatic rings. The summed E-state index contributed by atoms with van der Waals surface area (Å²) in [5.41, 5.74) is 0. The van der Waals surface area contributed by atoms with Gasteiger partial charge >= 0.3 is 35.8 Å². The van der Waals surface area contributed by atoms with Gasteiger partial charge in [-0.2, -0.15) is 0 Å². The molecule has 0 spiro atoms. The number of hydrogen-bond donors (Lipinski definition) is 1. The van der Waals surface area contributed by atoms with E-state index < -0.39 is 104 Å². The number of rotatable bonds is 9. The Bertz CT molecular complexity index is 889. The highest BCUT2D eigenvalue weighted by Gasteiger charge is 2.54. The molecule has 16 nitrogen and oxygen atoms in total. The molecule has 2 fully saturated rings. The molecular weight excluding hydrogens is 544 g/mol. The molecule has 0 aromatic rings. The van der Waals surface area contributed by atoms with Gasteiger partial charge in [0.1, 0.15) is 6.10 Å². The lowest BCUT2D eigenvalue weighted by Crippen LogP contribution is -2.64. The number of ether oxygens (including phenoxy) is 9. The van der Waals surface area contributed by atoms with Crippen LogP contribution in [0, 0.1) is 0 Å². The summed E-state index contributed by atoms with van der Waals surface area (Å²) >= 11 is 0. The van der Waals surface area contributed by atoms with Crippen molar-refractivity contribution in [3.05, 3.63) is 0 Å². The maximum Gasteiger partial charge on any atom is 0.303 e. The van der Waals surface area contributed by atoms with Gasteiger partial charge in [0.25, 0.3) is 0 Å². The first-order valence-electron chi connectivity index (χ1n) is 12.2. The largest absolute Gasteiger partial charge is 0.456 e. The van der Waals surface area contributed by atoms with Crippen LogP contribution in [0.5, 0.6) is 0 Å². The maximum atomic E-state index is 11.9. The lowest BCUT2D eigenvalue weighted by molar-refractivity contribution is -0.326. The molecule has 0 bridgehead atoms. The van der Waals surface area contributed by atoms with Crippen LogP contribution in [-0.2, 0) is 71.4 Å². The Kier molecular flexibility index (Phi) is 11.8. The highest BCUT2D eigenvalue weighted by Crippen LogP contribution is 2.32. The topological polar surface area (TPSA) is 206 Å². The van der Waals surface area contributed by atoms with E-state index >= 15 is 0 Å². The maximum absolute atomic E-state index is 11.9. The Balaban J connectivity index is 2.38. The van der Waals surface area contributed by atoms with Gasteiger partial charge < -0.3 is 47.7 Å². The van der Waals surface area contributed by atoms with Crippen LogP contribution in [0.4, 0.5) is 0 Å². The minimum absolute atomic E-state index is 0.542. The van der Waals surface area contributed by atoms with Crippen LogP contribution in [-0.4, -0.2) is 109 Å². The van der Waals surface area contributed by atoms with E-state index in [4.69, 9.17) is 42.6 Å². The Morgan fingerprint density at radius 2 is 0.925 bits per heavy atom. The van der Waals surface area contributed by atoms with Gasteiger partial charge in [-0.25, -0.2) is 0 Å². The van der Waals surface area contributed by atoms with Gasteiger partial charge in [0, 0.05) is 41.5 Å². The molecule has 2 aliphatic heterocycles. The van der Waals surface area contributed by atoms with E-state index in [-0.39, 0.29) is 0 Å². The van der Waals surface area contributed by atoms with Gasteiger partial charge in [-0.05, 0) is 6.92 Å². The van der Waals surface area contributed by atoms with Crippen molar-refractivity contribution in [3.8, 4) is 0 Å². The molecule has 10 atom stereocenters. The van der Waals surface area contributed by atoms with Crippen molar-refractivity contribution in [2.24, 2.45) is 0 Å². The van der Waals surface area contributed by atoms with Crippen molar-refractivity contribution >= 4 is 35.8 Å². The molecule has 0 aliphatic carbocycles. The van der Waals surface area contributed by atoms with Crippen LogP contribution in [0.2, 0.25) is 0 Å². The molecular formula is C24H34O16. The molecule has 226 valence electrons. The minimum Gasteiger partial charge on any atom is -0.456 e. The number of carbonyl (C=O) groups excluding carboxylic acids is 6. The highest BCUT2D eigenvalue weighted by molar-refractivity contribution is 5.69. The summed E-state index contributed by atoms with van der Waals surface area (Å²) in [5, 5.41) is 10.5. The van der Waals surface area contributed by atoms with Gasteiger partial charge in [0.2, 0.25) is 0 Å². The lowest BCUT2D eigenvalue weighted by Gasteiger charge is -2.45. The van der Waals surface area contributed by atoms with E-state index in [0.717, 1.165) is 41.5 Å². The fourth-order valence-electron chi connectivity index (χ4n) is 4.30. The standard InChI is InChI=1S/C24H34O16/c1-9-17(34-10(2)25)19(36-12(4)27)22(39-15(7)30)24(33-9)32-8-16-18(35-11(3)26)20(37-13(5)28)21(23(31)40-16)38-14(6)29/h9,16-24,31H,8H2,1-7H3/t9-,16+,17-,18+,19+,20-,21+,22+,23+,24+/m0/s1. The molecule has 0 aromatic carbocycles. The summed E-state index contributed by atoms with van der Waals surface area (Å²) in [7, 11) is 0. The van der Waals surface area contributed by atoms with Crippen molar-refractivity contribution in [2.75, 3.05) is 6.61 Å². The second-order valence-electron chi connectivity index (χ2n) is 9.05. The molecule has 2 rings (SSSR count). The summed E-state index contributed by atoms with van der Waals surface area (Å²) < 4.78 is 48.5. The predicted molar refractivity (Wildman–Crippen MR) is 124 cm³/mol. The molecule has 40 heavy (non-hydrogen) atoms. The van der Waals surface area contributed by atoms with E-state index in [1.807, 2.05) is 0 Å². The molecule has 2 heterocycles. The monoisotopic (exact) mass is 578 g/mol. The van der Waals surface area contributed by atoms with E-state index in [1.165, 1.54) is 6.92 Å². The van der Waals surface area contributed by atoms with Crippen LogP contribution in [0.3, 0.4) is 0 Å². The zero-order chi connectivity index (χ0) is 30.3. The fraction of sp³-hybridized carbons (Fsp3) is 0.750. The van der Waals surface area contributed by atoms with Crippen LogP contribution < -0.4 is 0 Å². The average Bonchev–Trinajstić information content (AvgIpc) is 2.79. The molecule has 0 unspecified atom stereocenters. The number of hydrogen-bond acceptors (Lipinski definition) is 16. The third-order valence-corrected chi connectivity index (χ3v) is 5.57. The van der Waals surface area contributed by atoms with E-state index in [2.05, 4.69) is 0 Å². The minimum atomic E-state index is -1.84. The second-order valence-corrected chi connectivity index (χ2v) is 9.05. The van der Waals surface area contributed by atoms with Crippen molar-refractivity contribution in [3.63, 3.8) is 0 Å². The highest BCUT2D eigenvalue weighted by atomic mass is 16.7. The third kappa shape index (κ3) is 9.11. The first-order chi connectivity index (χ1) is 18.6. The van der Waals surface area contributed by atoms with E-state index in [9.17, 15) is 33.9 Å². The number of aliphatic hydroxyl groups excluding tert-OH is 1. The van der Waals surface area contributed by atoms with Crippen molar-refractivity contribution < 1.29 is 76.5 Å². The van der Waals surface area contributed by atoms with E-state index in [1.54, 1.807) is 0 Å². The van der Waals surface area contributed by atoms with Crippen molar-refractivity contribution in [1.29, 1.82) is 0 Å². The van der Waals surface area contributed by atoms with Crippen molar-refractivity contribution in [2.45, 2.75) is 110 Å². The average molecular weight is 579 g/mol. The quantitative estimate of drug-likeness (QED) is 0.259. The SMILES string of the molecule is CC(=O)O[C@@H]1[C@@H](OC(C)=O)[C@H](C)O[C@@H](OC[C@H]2O[C@@H](O)[C@H](OC(C)=O)[C@@H](OC(C)=O)[C@@H]2OC(C)=O)[C@@H]1OC(C)=O. The van der Waals surface area contributed by atoms with Crippen molar-refractivity contribution in [1.82, 2.24) is 0 Å². The van der Waals surface area contributed by atoms with Crippen LogP contribution in [0.15, 0.2) is 0 Å². The summed E-state index contributed by atoms with van der Waals surface area (Å²) in [5.74, 6) is -4.81. The number of carbonyl (C=O) groups is 6. The van der Waals surface area contributed by atoms with Crippen LogP contribution in [0.1, 0.15) is 48.5 Å². The summed E-state index contributed by atoms with van der Waals surface area (Å²) in [6, 6.07) is 0. The van der Waals surface area contributed by atoms with Gasteiger partial charge in [0.15, 0.2) is 49.2 Å². The molecule has 16 heteroatoms. The smallest absolute Gasteiger partial charge is 0.303 e. The summed E-state index contributed by atoms with van der Waals surface area (Å²) in [6.45, 7) is 7.43. The third-order valence-electron chi connectivity index (χ3n) is 5.57. The zero-order valence-electron chi connectivity index (χ0n) is 23.1. The van der Waals surface area contributed by atoms with Crippen LogP contribution >= 0.6 is 0 Å². The van der Waals surface area contributed by atoms with Gasteiger partial charge in [-0.15, -0.1) is 0 Å². The molecule has 0 radical (unpaired) electrons. The molecule has 2 saturated heterocycles. The Hall–Kier alpha value is -3.34. The van der Waals surface area contributed by atoms with Gasteiger partial charge in [-0.3, -0.25) is 28.8 Å². The Labute approximate surface area is 229 Å². The number of esters is 6. The lowest BCUT2D eigenvalue weighted by atomic mass is 9.97. The summed E-state index contributed by atoms with van der Waals surface area (Å²) in [4.78, 5) is 70.7. The second kappa shape index (κ2) is 14.3. The Morgan fingerprint density at radius 1 is 0.550 bits per heavy atom. The molecule has 0 saturated carbocycles. The number of aliphatic hydroxyl groups is 1. The zero-order valence-corrected chi connectivity index (χ0v) is 23.1. The molecule has 0 aromatic heterocycles. The van der Waals surface area contributed by atoms with E-state index in [0.29, 0.717) is 0 Å². The first kappa shape index (κ1) is 32.9. The first-order valence-corrected chi connectivity index (χ1v) is 12.2. The van der Waals surface area contributed by atoms with Gasteiger partial charge in [0.05, 0.1) is 12.7 Å². The van der Waals surface area contributed by atoms with Crippen LogP contribution in [0.25, 0.3) is 0 Å². The normalized spacial score (nSPS) is 33.6.